The number of unbranched alkanes of at least 4 members (excludes halogenated alkanes) is 1. The van der Waals surface area contributed by atoms with Gasteiger partial charge < -0.3 is 9.80 Å². The predicted molar refractivity (Wildman–Crippen MR) is 87.1 cm³/mol. The summed E-state index contributed by atoms with van der Waals surface area (Å²) in [4.78, 5) is 17.3. The van der Waals surface area contributed by atoms with Crippen molar-refractivity contribution < 1.29 is 4.79 Å². The van der Waals surface area contributed by atoms with Gasteiger partial charge in [-0.15, -0.1) is 0 Å². The zero-order valence-corrected chi connectivity index (χ0v) is 14.1. The van der Waals surface area contributed by atoms with Crippen LogP contribution in [0, 0.1) is 5.92 Å². The van der Waals surface area contributed by atoms with Crippen molar-refractivity contribution in [1.82, 2.24) is 15.1 Å². The molecule has 2 heterocycles. The van der Waals surface area contributed by atoms with Gasteiger partial charge in [-0.3, -0.25) is 10.1 Å². The summed E-state index contributed by atoms with van der Waals surface area (Å²) in [6.45, 7) is 7.70. The number of amides is 1. The lowest BCUT2D eigenvalue weighted by atomic mass is 9.97. The average molecular weight is 295 g/mol. The molecule has 4 nitrogen and oxygen atoms in total. The van der Waals surface area contributed by atoms with E-state index >= 15 is 0 Å². The van der Waals surface area contributed by atoms with Gasteiger partial charge in [-0.2, -0.15) is 0 Å². The number of piperidine rings is 1. The largest absolute Gasteiger partial charge is 0.325 e. The van der Waals surface area contributed by atoms with Crippen LogP contribution in [-0.2, 0) is 4.79 Å². The summed E-state index contributed by atoms with van der Waals surface area (Å²) < 4.78 is 0. The monoisotopic (exact) mass is 295 g/mol. The van der Waals surface area contributed by atoms with E-state index in [-0.39, 0.29) is 12.2 Å². The predicted octanol–water partition coefficient (Wildman–Crippen LogP) is 2.45. The smallest absolute Gasteiger partial charge is 0.241 e. The van der Waals surface area contributed by atoms with Crippen LogP contribution in [0.4, 0.5) is 0 Å². The van der Waals surface area contributed by atoms with Crippen molar-refractivity contribution in [2.24, 2.45) is 5.92 Å². The van der Waals surface area contributed by atoms with Gasteiger partial charge in [0.1, 0.15) is 0 Å². The van der Waals surface area contributed by atoms with Gasteiger partial charge in [-0.25, -0.2) is 0 Å². The lowest BCUT2D eigenvalue weighted by Crippen LogP contribution is -2.44. The fraction of sp³-hybridized carbons (Fsp3) is 0.941. The Morgan fingerprint density at radius 2 is 2.05 bits per heavy atom. The average Bonchev–Trinajstić information content (AvgIpc) is 2.74. The minimum Gasteiger partial charge on any atom is -0.325 e. The van der Waals surface area contributed by atoms with Gasteiger partial charge >= 0.3 is 0 Å². The highest BCUT2D eigenvalue weighted by molar-refractivity contribution is 5.84. The molecule has 2 rings (SSSR count). The highest BCUT2D eigenvalue weighted by Crippen LogP contribution is 2.23. The fourth-order valence-electron chi connectivity index (χ4n) is 3.79. The molecule has 3 unspecified atom stereocenters. The molecule has 0 aromatic carbocycles. The second-order valence-corrected chi connectivity index (χ2v) is 6.93. The summed E-state index contributed by atoms with van der Waals surface area (Å²) in [5.41, 5.74) is 0. The number of hydrogen-bond acceptors (Lipinski definition) is 3. The van der Waals surface area contributed by atoms with Crippen LogP contribution in [-0.4, -0.2) is 54.6 Å². The van der Waals surface area contributed by atoms with Gasteiger partial charge in [0.05, 0.1) is 12.2 Å². The Hall–Kier alpha value is -0.610. The molecule has 2 aliphatic rings. The Morgan fingerprint density at radius 1 is 1.24 bits per heavy atom. The number of likely N-dealkylation sites (tertiary alicyclic amines) is 1. The second-order valence-electron chi connectivity index (χ2n) is 6.93. The van der Waals surface area contributed by atoms with Crippen molar-refractivity contribution in [2.75, 3.05) is 26.7 Å². The van der Waals surface area contributed by atoms with Crippen LogP contribution in [0.3, 0.4) is 0 Å². The summed E-state index contributed by atoms with van der Waals surface area (Å²) in [5.74, 6) is 1.01. The molecule has 0 bridgehead atoms. The van der Waals surface area contributed by atoms with Gasteiger partial charge in [0.2, 0.25) is 5.91 Å². The molecule has 0 saturated carbocycles. The molecule has 2 aliphatic heterocycles. The summed E-state index contributed by atoms with van der Waals surface area (Å²) in [7, 11) is 2.20. The number of carbonyl (C=O) groups is 1. The molecule has 4 heteroatoms. The lowest BCUT2D eigenvalue weighted by Gasteiger charge is -2.34. The minimum atomic E-state index is 0.0721. The van der Waals surface area contributed by atoms with Gasteiger partial charge in [0.15, 0.2) is 0 Å². The van der Waals surface area contributed by atoms with Crippen molar-refractivity contribution >= 4 is 5.91 Å². The maximum Gasteiger partial charge on any atom is 0.241 e. The van der Waals surface area contributed by atoms with E-state index in [9.17, 15) is 4.79 Å². The number of nitrogens with zero attached hydrogens (tertiary/aromatic N) is 2. The molecule has 0 radical (unpaired) electrons. The van der Waals surface area contributed by atoms with Crippen LogP contribution >= 0.6 is 0 Å². The van der Waals surface area contributed by atoms with E-state index in [0.29, 0.717) is 11.8 Å². The van der Waals surface area contributed by atoms with Crippen LogP contribution in [0.1, 0.15) is 58.8 Å². The maximum atomic E-state index is 12.7. The number of rotatable bonds is 7. The van der Waals surface area contributed by atoms with E-state index in [1.54, 1.807) is 0 Å². The third kappa shape index (κ3) is 4.43. The molecule has 0 aromatic heterocycles. The summed E-state index contributed by atoms with van der Waals surface area (Å²) in [6.07, 6.45) is 8.33. The summed E-state index contributed by atoms with van der Waals surface area (Å²) in [6, 6.07) is 0.0721. The third-order valence-corrected chi connectivity index (χ3v) is 4.94. The molecule has 0 aromatic rings. The molecule has 3 atom stereocenters. The first kappa shape index (κ1) is 16.8. The van der Waals surface area contributed by atoms with Crippen LogP contribution in [0.5, 0.6) is 0 Å². The minimum absolute atomic E-state index is 0.0721. The van der Waals surface area contributed by atoms with E-state index in [4.69, 9.17) is 0 Å². The van der Waals surface area contributed by atoms with E-state index < -0.39 is 0 Å². The van der Waals surface area contributed by atoms with Gasteiger partial charge in [0, 0.05) is 13.1 Å². The van der Waals surface area contributed by atoms with Crippen LogP contribution in [0.2, 0.25) is 0 Å². The van der Waals surface area contributed by atoms with Crippen molar-refractivity contribution in [1.29, 1.82) is 0 Å². The number of hydrogen-bond donors (Lipinski definition) is 1. The first-order valence-corrected chi connectivity index (χ1v) is 8.90. The molecule has 1 N–H and O–H groups in total. The van der Waals surface area contributed by atoms with Crippen molar-refractivity contribution in [3.8, 4) is 0 Å². The Bertz CT molecular complexity index is 334. The zero-order chi connectivity index (χ0) is 15.2. The van der Waals surface area contributed by atoms with Crippen LogP contribution < -0.4 is 5.32 Å². The Balaban J connectivity index is 1.94. The van der Waals surface area contributed by atoms with E-state index in [1.807, 2.05) is 0 Å². The summed E-state index contributed by atoms with van der Waals surface area (Å²) >= 11 is 0. The lowest BCUT2D eigenvalue weighted by molar-refractivity contribution is -0.131. The Morgan fingerprint density at radius 3 is 2.71 bits per heavy atom. The van der Waals surface area contributed by atoms with E-state index in [2.05, 4.69) is 36.0 Å². The molecule has 1 amide bonds. The molecule has 21 heavy (non-hydrogen) atoms. The highest BCUT2D eigenvalue weighted by Gasteiger charge is 2.38. The van der Waals surface area contributed by atoms with Crippen LogP contribution in [0.15, 0.2) is 0 Å². The number of nitrogens with one attached hydrogen (secondary N) is 1. The standard InChI is InChI=1S/C17H33N3O/c1-4-6-10-15-17(21)20(16(18-15)8-5-2)13-14-9-7-11-19(3)12-14/h14-16,18H,4-13H2,1-3H3. The normalized spacial score (nSPS) is 31.1. The van der Waals surface area contributed by atoms with Gasteiger partial charge in [-0.05, 0) is 45.2 Å². The quantitative estimate of drug-likeness (QED) is 0.783. The van der Waals surface area contributed by atoms with Gasteiger partial charge in [-0.1, -0.05) is 33.1 Å². The summed E-state index contributed by atoms with van der Waals surface area (Å²) in [5, 5.41) is 3.59. The number of carbonyl (C=O) groups excluding carboxylic acids is 1. The molecular formula is C17H33N3O. The topological polar surface area (TPSA) is 35.6 Å². The van der Waals surface area contributed by atoms with Crippen LogP contribution in [0.25, 0.3) is 0 Å². The third-order valence-electron chi connectivity index (χ3n) is 4.94. The Kier molecular flexibility index (Phi) is 6.49. The SMILES string of the molecule is CCCCC1NC(CCC)N(CC2CCCN(C)C2)C1=O. The first-order valence-electron chi connectivity index (χ1n) is 8.90. The molecule has 0 spiro atoms. The van der Waals surface area contributed by atoms with Crippen molar-refractivity contribution in [3.05, 3.63) is 0 Å². The van der Waals surface area contributed by atoms with Gasteiger partial charge in [0.25, 0.3) is 0 Å². The zero-order valence-electron chi connectivity index (χ0n) is 14.1. The first-order chi connectivity index (χ1) is 10.2. The second kappa shape index (κ2) is 8.14. The molecule has 0 aliphatic carbocycles. The van der Waals surface area contributed by atoms with E-state index in [1.165, 1.54) is 19.4 Å². The highest BCUT2D eigenvalue weighted by atomic mass is 16.2. The van der Waals surface area contributed by atoms with E-state index in [0.717, 1.165) is 45.2 Å². The fourth-order valence-corrected chi connectivity index (χ4v) is 3.79. The molecule has 2 saturated heterocycles. The maximum absolute atomic E-state index is 12.7. The van der Waals surface area contributed by atoms with Crippen molar-refractivity contribution in [2.45, 2.75) is 71.0 Å². The van der Waals surface area contributed by atoms with Crippen molar-refractivity contribution in [3.63, 3.8) is 0 Å². The Labute approximate surface area is 130 Å². The molecular weight excluding hydrogens is 262 g/mol. The molecule has 122 valence electrons. The molecule has 2 fully saturated rings.